The number of benzene rings is 1. The van der Waals surface area contributed by atoms with E-state index in [9.17, 15) is 19.8 Å². The fourth-order valence-corrected chi connectivity index (χ4v) is 6.28. The van der Waals surface area contributed by atoms with Crippen LogP contribution in [0.5, 0.6) is 0 Å². The van der Waals surface area contributed by atoms with Crippen molar-refractivity contribution in [2.75, 3.05) is 39.9 Å². The third-order valence-electron chi connectivity index (χ3n) is 8.45. The summed E-state index contributed by atoms with van der Waals surface area (Å²) in [5.74, 6) is 0.445. The van der Waals surface area contributed by atoms with Gasteiger partial charge in [0, 0.05) is 51.9 Å². The van der Waals surface area contributed by atoms with Gasteiger partial charge in [-0.25, -0.2) is 9.59 Å². The van der Waals surface area contributed by atoms with Crippen LogP contribution in [0.15, 0.2) is 30.3 Å². The van der Waals surface area contributed by atoms with Gasteiger partial charge in [-0.3, -0.25) is 0 Å². The first-order valence-corrected chi connectivity index (χ1v) is 14.7. The SMILES string of the molecule is CCOCCCCC(O)(c1ccccc1)[C@@H]1CCCN(C(=O)N[C@@H](CC2CCCCC2)CN(C)C(=O)O)C1. The summed E-state index contributed by atoms with van der Waals surface area (Å²) < 4.78 is 5.50. The number of hydrogen-bond donors (Lipinski definition) is 3. The molecule has 0 radical (unpaired) electrons. The van der Waals surface area contributed by atoms with Crippen LogP contribution >= 0.6 is 0 Å². The smallest absolute Gasteiger partial charge is 0.407 e. The molecule has 2 fully saturated rings. The van der Waals surface area contributed by atoms with Crippen LogP contribution in [0.4, 0.5) is 9.59 Å². The van der Waals surface area contributed by atoms with E-state index in [0.29, 0.717) is 38.6 Å². The summed E-state index contributed by atoms with van der Waals surface area (Å²) >= 11 is 0. The van der Waals surface area contributed by atoms with Crippen molar-refractivity contribution in [1.82, 2.24) is 15.1 Å². The molecule has 8 nitrogen and oxygen atoms in total. The monoisotopic (exact) mass is 531 g/mol. The molecular formula is C30H49N3O5. The Labute approximate surface area is 228 Å². The van der Waals surface area contributed by atoms with E-state index in [1.807, 2.05) is 42.2 Å². The molecule has 1 saturated carbocycles. The molecule has 214 valence electrons. The highest BCUT2D eigenvalue weighted by molar-refractivity contribution is 5.75. The Balaban J connectivity index is 1.68. The fourth-order valence-electron chi connectivity index (χ4n) is 6.28. The first-order chi connectivity index (χ1) is 18.3. The van der Waals surface area contributed by atoms with E-state index in [1.54, 1.807) is 7.05 Å². The van der Waals surface area contributed by atoms with Gasteiger partial charge in [-0.05, 0) is 56.9 Å². The second-order valence-corrected chi connectivity index (χ2v) is 11.3. The maximum absolute atomic E-state index is 13.5. The van der Waals surface area contributed by atoms with E-state index in [1.165, 1.54) is 24.2 Å². The zero-order valence-corrected chi connectivity index (χ0v) is 23.4. The largest absolute Gasteiger partial charge is 0.465 e. The van der Waals surface area contributed by atoms with Crippen molar-refractivity contribution in [3.05, 3.63) is 35.9 Å². The summed E-state index contributed by atoms with van der Waals surface area (Å²) in [6.45, 7) is 4.77. The van der Waals surface area contributed by atoms with Crippen LogP contribution in [0.2, 0.25) is 0 Å². The number of unbranched alkanes of at least 4 members (excludes halogenated alkanes) is 1. The van der Waals surface area contributed by atoms with Crippen molar-refractivity contribution in [3.63, 3.8) is 0 Å². The van der Waals surface area contributed by atoms with Gasteiger partial charge in [0.2, 0.25) is 0 Å². The number of hydrogen-bond acceptors (Lipinski definition) is 4. The maximum Gasteiger partial charge on any atom is 0.407 e. The van der Waals surface area contributed by atoms with Crippen LogP contribution in [-0.4, -0.2) is 78.1 Å². The van der Waals surface area contributed by atoms with Gasteiger partial charge in [0.1, 0.15) is 0 Å². The van der Waals surface area contributed by atoms with Gasteiger partial charge in [0.25, 0.3) is 0 Å². The van der Waals surface area contributed by atoms with Gasteiger partial charge in [-0.2, -0.15) is 0 Å². The van der Waals surface area contributed by atoms with Gasteiger partial charge >= 0.3 is 12.1 Å². The molecule has 1 unspecified atom stereocenters. The van der Waals surface area contributed by atoms with E-state index in [4.69, 9.17) is 4.74 Å². The lowest BCUT2D eigenvalue weighted by molar-refractivity contribution is -0.0566. The average Bonchev–Trinajstić information content (AvgIpc) is 2.93. The molecule has 1 aromatic carbocycles. The molecule has 8 heteroatoms. The third-order valence-corrected chi connectivity index (χ3v) is 8.45. The molecule has 0 aromatic heterocycles. The highest BCUT2D eigenvalue weighted by atomic mass is 16.5. The normalized spacial score (nSPS) is 20.9. The van der Waals surface area contributed by atoms with E-state index < -0.39 is 11.7 Å². The lowest BCUT2D eigenvalue weighted by Crippen LogP contribution is -2.54. The Bertz CT molecular complexity index is 848. The number of rotatable bonds is 13. The van der Waals surface area contributed by atoms with Crippen LogP contribution < -0.4 is 5.32 Å². The van der Waals surface area contributed by atoms with Crippen LogP contribution in [0, 0.1) is 11.8 Å². The number of piperidine rings is 1. The van der Waals surface area contributed by atoms with Crippen molar-refractivity contribution in [2.24, 2.45) is 11.8 Å². The maximum atomic E-state index is 13.5. The van der Waals surface area contributed by atoms with Crippen LogP contribution in [0.25, 0.3) is 0 Å². The Kier molecular flexibility index (Phi) is 12.2. The summed E-state index contributed by atoms with van der Waals surface area (Å²) in [6, 6.07) is 9.48. The van der Waals surface area contributed by atoms with Gasteiger partial charge < -0.3 is 30.1 Å². The van der Waals surface area contributed by atoms with Gasteiger partial charge in [-0.1, -0.05) is 62.4 Å². The first kappa shape index (κ1) is 30.2. The van der Waals surface area contributed by atoms with Crippen LogP contribution in [-0.2, 0) is 10.3 Å². The first-order valence-electron chi connectivity index (χ1n) is 14.7. The molecule has 3 rings (SSSR count). The molecule has 1 aromatic rings. The molecular weight excluding hydrogens is 482 g/mol. The lowest BCUT2D eigenvalue weighted by Gasteiger charge is -2.43. The summed E-state index contributed by atoms with van der Waals surface area (Å²) in [4.78, 5) is 28.1. The fraction of sp³-hybridized carbons (Fsp3) is 0.733. The van der Waals surface area contributed by atoms with E-state index in [-0.39, 0.29) is 24.5 Å². The Morgan fingerprint density at radius 1 is 1.13 bits per heavy atom. The van der Waals surface area contributed by atoms with E-state index in [0.717, 1.165) is 50.5 Å². The van der Waals surface area contributed by atoms with Gasteiger partial charge in [-0.15, -0.1) is 0 Å². The number of likely N-dealkylation sites (tertiary alicyclic amines) is 1. The number of urea groups is 1. The Morgan fingerprint density at radius 2 is 1.87 bits per heavy atom. The van der Waals surface area contributed by atoms with E-state index in [2.05, 4.69) is 5.32 Å². The number of nitrogens with one attached hydrogen (secondary N) is 1. The molecule has 1 heterocycles. The number of ether oxygens (including phenoxy) is 1. The minimum absolute atomic E-state index is 0.0741. The zero-order chi connectivity index (χ0) is 27.4. The Hall–Kier alpha value is -2.32. The number of carbonyl (C=O) groups is 2. The molecule has 0 spiro atoms. The third kappa shape index (κ3) is 8.87. The number of nitrogens with zero attached hydrogens (tertiary/aromatic N) is 2. The molecule has 1 aliphatic carbocycles. The van der Waals surface area contributed by atoms with Crippen LogP contribution in [0.3, 0.4) is 0 Å². The molecule has 2 aliphatic rings. The molecule has 3 atom stereocenters. The van der Waals surface area contributed by atoms with Gasteiger partial charge in [0.05, 0.1) is 5.60 Å². The molecule has 3 amide bonds. The number of carboxylic acid groups (broad SMARTS) is 1. The van der Waals surface area contributed by atoms with Crippen molar-refractivity contribution in [1.29, 1.82) is 0 Å². The van der Waals surface area contributed by atoms with Crippen molar-refractivity contribution < 1.29 is 24.5 Å². The Morgan fingerprint density at radius 3 is 2.55 bits per heavy atom. The minimum Gasteiger partial charge on any atom is -0.465 e. The second kappa shape index (κ2) is 15.3. The quantitative estimate of drug-likeness (QED) is 0.294. The molecule has 0 bridgehead atoms. The summed E-state index contributed by atoms with van der Waals surface area (Å²) in [7, 11) is 1.56. The highest BCUT2D eigenvalue weighted by Gasteiger charge is 2.41. The van der Waals surface area contributed by atoms with Crippen LogP contribution in [0.1, 0.15) is 83.1 Å². The van der Waals surface area contributed by atoms with E-state index >= 15 is 0 Å². The summed E-state index contributed by atoms with van der Waals surface area (Å²) in [5.41, 5.74) is -0.112. The second-order valence-electron chi connectivity index (χ2n) is 11.3. The molecule has 3 N–H and O–H groups in total. The summed E-state index contributed by atoms with van der Waals surface area (Å²) in [6.07, 6.45) is 9.81. The topological polar surface area (TPSA) is 102 Å². The molecule has 1 saturated heterocycles. The van der Waals surface area contributed by atoms with Gasteiger partial charge in [0.15, 0.2) is 0 Å². The number of likely N-dealkylation sites (N-methyl/N-ethyl adjacent to an activating group) is 1. The summed E-state index contributed by atoms with van der Waals surface area (Å²) in [5, 5.41) is 24.7. The highest BCUT2D eigenvalue weighted by Crippen LogP contribution is 2.39. The minimum atomic E-state index is -1.02. The van der Waals surface area contributed by atoms with Crippen molar-refractivity contribution >= 4 is 12.1 Å². The number of amides is 3. The lowest BCUT2D eigenvalue weighted by atomic mass is 9.74. The number of aliphatic hydroxyl groups is 1. The van der Waals surface area contributed by atoms with Crippen molar-refractivity contribution in [3.8, 4) is 0 Å². The standard InChI is InChI=1S/C30H49N3O5/c1-3-38-20-11-10-18-30(37,25-15-8-5-9-16-25)26-17-12-19-33(22-26)28(34)31-27(23-32(2)29(35)36)21-24-13-6-4-7-14-24/h5,8-9,15-16,24,26-27,37H,3-4,6-7,10-14,17-23H2,1-2H3,(H,31,34)(H,35,36)/t26-,27+,30?/m1/s1. The average molecular weight is 532 g/mol. The molecule has 1 aliphatic heterocycles. The predicted molar refractivity (Wildman–Crippen MR) is 149 cm³/mol. The number of carbonyl (C=O) groups excluding carboxylic acids is 1. The predicted octanol–water partition coefficient (Wildman–Crippen LogP) is 5.45. The molecule has 38 heavy (non-hydrogen) atoms. The van der Waals surface area contributed by atoms with Crippen molar-refractivity contribution in [2.45, 2.75) is 89.2 Å². The zero-order valence-electron chi connectivity index (χ0n) is 23.4.